The van der Waals surface area contributed by atoms with E-state index in [9.17, 15) is 4.39 Å². The second kappa shape index (κ2) is 9.13. The second-order valence-corrected chi connectivity index (χ2v) is 8.79. The molecule has 1 N–H and O–H groups in total. The maximum absolute atomic E-state index is 13.9. The monoisotopic (exact) mass is 438 g/mol. The van der Waals surface area contributed by atoms with E-state index in [1.165, 1.54) is 0 Å². The maximum Gasteiger partial charge on any atom is 0.207 e. The number of halogens is 1. The van der Waals surface area contributed by atoms with Gasteiger partial charge in [-0.15, -0.1) is 0 Å². The van der Waals surface area contributed by atoms with Gasteiger partial charge in [-0.2, -0.15) is 0 Å². The molecule has 170 valence electrons. The van der Waals surface area contributed by atoms with E-state index in [1.807, 2.05) is 26.0 Å². The van der Waals surface area contributed by atoms with Gasteiger partial charge in [0, 0.05) is 51.5 Å². The summed E-state index contributed by atoms with van der Waals surface area (Å²) in [6.07, 6.45) is 0. The molecule has 2 aliphatic rings. The summed E-state index contributed by atoms with van der Waals surface area (Å²) in [7, 11) is 0. The Balaban J connectivity index is 1.59. The second-order valence-electron chi connectivity index (χ2n) is 8.79. The van der Waals surface area contributed by atoms with E-state index < -0.39 is 0 Å². The molecule has 8 heteroatoms. The SMILES string of the molecule is Cc1cc2c(nc(N3CCNCC3)n2Cc2ccc(F)c(C)c2)c(CN2CCOCC2)n1. The van der Waals surface area contributed by atoms with Crippen LogP contribution >= 0.6 is 0 Å². The minimum atomic E-state index is -0.167. The molecule has 0 unspecified atom stereocenters. The number of piperazine rings is 1. The van der Waals surface area contributed by atoms with E-state index in [2.05, 4.69) is 25.8 Å². The summed E-state index contributed by atoms with van der Waals surface area (Å²) in [5.41, 5.74) is 5.81. The van der Waals surface area contributed by atoms with Crippen LogP contribution in [0.2, 0.25) is 0 Å². The Kier molecular flexibility index (Phi) is 6.08. The summed E-state index contributed by atoms with van der Waals surface area (Å²) in [6.45, 7) is 12.4. The number of fused-ring (bicyclic) bond motifs is 1. The average molecular weight is 439 g/mol. The van der Waals surface area contributed by atoms with Crippen molar-refractivity contribution >= 4 is 17.0 Å². The van der Waals surface area contributed by atoms with Crippen LogP contribution in [0.4, 0.5) is 10.3 Å². The molecule has 2 aromatic heterocycles. The van der Waals surface area contributed by atoms with Gasteiger partial charge in [-0.25, -0.2) is 9.37 Å². The van der Waals surface area contributed by atoms with Crippen LogP contribution in [0, 0.1) is 19.7 Å². The van der Waals surface area contributed by atoms with E-state index >= 15 is 0 Å². The molecular weight excluding hydrogens is 407 g/mol. The minimum absolute atomic E-state index is 0.167. The van der Waals surface area contributed by atoms with Gasteiger partial charge in [-0.05, 0) is 37.1 Å². The Bertz CT molecular complexity index is 1100. The fourth-order valence-electron chi connectivity index (χ4n) is 4.64. The van der Waals surface area contributed by atoms with Gasteiger partial charge in [0.05, 0.1) is 31.0 Å². The zero-order chi connectivity index (χ0) is 22.1. The molecular formula is C24H31FN6O. The van der Waals surface area contributed by atoms with Gasteiger partial charge in [0.2, 0.25) is 5.95 Å². The third-order valence-corrected chi connectivity index (χ3v) is 6.36. The number of morpholine rings is 1. The molecule has 1 aromatic carbocycles. The molecule has 2 saturated heterocycles. The third-order valence-electron chi connectivity index (χ3n) is 6.36. The highest BCUT2D eigenvalue weighted by molar-refractivity contribution is 5.81. The van der Waals surface area contributed by atoms with Crippen LogP contribution in [0.25, 0.3) is 11.0 Å². The lowest BCUT2D eigenvalue weighted by atomic mass is 10.1. The van der Waals surface area contributed by atoms with Crippen molar-refractivity contribution in [3.63, 3.8) is 0 Å². The smallest absolute Gasteiger partial charge is 0.207 e. The first kappa shape index (κ1) is 21.3. The van der Waals surface area contributed by atoms with Crippen molar-refractivity contribution in [2.75, 3.05) is 57.4 Å². The molecule has 0 saturated carbocycles. The van der Waals surface area contributed by atoms with Gasteiger partial charge in [-0.1, -0.05) is 12.1 Å². The van der Waals surface area contributed by atoms with Crippen molar-refractivity contribution in [3.8, 4) is 0 Å². The van der Waals surface area contributed by atoms with Gasteiger partial charge < -0.3 is 19.5 Å². The number of nitrogens with zero attached hydrogens (tertiary/aromatic N) is 5. The van der Waals surface area contributed by atoms with Crippen molar-refractivity contribution in [1.29, 1.82) is 0 Å². The summed E-state index contributed by atoms with van der Waals surface area (Å²) >= 11 is 0. The molecule has 0 radical (unpaired) electrons. The topological polar surface area (TPSA) is 58.5 Å². The van der Waals surface area contributed by atoms with Gasteiger partial charge >= 0.3 is 0 Å². The molecule has 5 rings (SSSR count). The Morgan fingerprint density at radius 3 is 2.53 bits per heavy atom. The number of aromatic nitrogens is 3. The van der Waals surface area contributed by atoms with Crippen molar-refractivity contribution in [2.45, 2.75) is 26.9 Å². The molecule has 4 heterocycles. The lowest BCUT2D eigenvalue weighted by molar-refractivity contribution is 0.0338. The largest absolute Gasteiger partial charge is 0.379 e. The number of hydrogen-bond acceptors (Lipinski definition) is 6. The van der Waals surface area contributed by atoms with Crippen molar-refractivity contribution in [2.24, 2.45) is 0 Å². The number of aryl methyl sites for hydroxylation is 2. The van der Waals surface area contributed by atoms with Gasteiger partial charge in [0.25, 0.3) is 0 Å². The number of pyridine rings is 1. The summed E-state index contributed by atoms with van der Waals surface area (Å²) < 4.78 is 21.7. The molecule has 0 bridgehead atoms. The van der Waals surface area contributed by atoms with Gasteiger partial charge in [0.1, 0.15) is 11.3 Å². The Morgan fingerprint density at radius 1 is 1.00 bits per heavy atom. The lowest BCUT2D eigenvalue weighted by Crippen LogP contribution is -2.44. The molecule has 0 spiro atoms. The third kappa shape index (κ3) is 4.35. The minimum Gasteiger partial charge on any atom is -0.379 e. The summed E-state index contributed by atoms with van der Waals surface area (Å²) in [6, 6.07) is 7.50. The molecule has 3 aromatic rings. The van der Waals surface area contributed by atoms with Gasteiger partial charge in [-0.3, -0.25) is 9.88 Å². The number of hydrogen-bond donors (Lipinski definition) is 1. The number of ether oxygens (including phenoxy) is 1. The summed E-state index contributed by atoms with van der Waals surface area (Å²) in [5.74, 6) is 0.804. The van der Waals surface area contributed by atoms with Crippen LogP contribution in [0.15, 0.2) is 24.3 Å². The quantitative estimate of drug-likeness (QED) is 0.661. The van der Waals surface area contributed by atoms with E-state index in [1.54, 1.807) is 6.07 Å². The van der Waals surface area contributed by atoms with Crippen molar-refractivity contribution < 1.29 is 9.13 Å². The van der Waals surface area contributed by atoms with Crippen LogP contribution in [0.3, 0.4) is 0 Å². The summed E-state index contributed by atoms with van der Waals surface area (Å²) in [4.78, 5) is 14.8. The number of anilines is 1. The van der Waals surface area contributed by atoms with Gasteiger partial charge in [0.15, 0.2) is 0 Å². The Labute approximate surface area is 188 Å². The zero-order valence-corrected chi connectivity index (χ0v) is 18.9. The van der Waals surface area contributed by atoms with Crippen LogP contribution in [0.1, 0.15) is 22.5 Å². The van der Waals surface area contributed by atoms with Crippen LogP contribution in [-0.2, 0) is 17.8 Å². The fraction of sp³-hybridized carbons (Fsp3) is 0.500. The first-order valence-corrected chi connectivity index (χ1v) is 11.5. The number of imidazole rings is 1. The highest BCUT2D eigenvalue weighted by Gasteiger charge is 2.23. The molecule has 0 atom stereocenters. The first-order chi connectivity index (χ1) is 15.6. The summed E-state index contributed by atoms with van der Waals surface area (Å²) in [5, 5.41) is 3.42. The number of rotatable bonds is 5. The molecule has 7 nitrogen and oxygen atoms in total. The van der Waals surface area contributed by atoms with Crippen LogP contribution in [-0.4, -0.2) is 71.9 Å². The Morgan fingerprint density at radius 2 is 1.78 bits per heavy atom. The maximum atomic E-state index is 13.9. The highest BCUT2D eigenvalue weighted by atomic mass is 19.1. The van der Waals surface area contributed by atoms with Crippen molar-refractivity contribution in [3.05, 3.63) is 52.6 Å². The average Bonchev–Trinajstić information content (AvgIpc) is 3.16. The van der Waals surface area contributed by atoms with E-state index in [0.29, 0.717) is 12.1 Å². The number of benzene rings is 1. The highest BCUT2D eigenvalue weighted by Crippen LogP contribution is 2.28. The van der Waals surface area contributed by atoms with E-state index in [0.717, 1.165) is 93.0 Å². The van der Waals surface area contributed by atoms with Crippen molar-refractivity contribution in [1.82, 2.24) is 24.8 Å². The predicted molar refractivity (Wildman–Crippen MR) is 124 cm³/mol. The molecule has 32 heavy (non-hydrogen) atoms. The first-order valence-electron chi connectivity index (χ1n) is 11.5. The molecule has 0 amide bonds. The Hall–Kier alpha value is -2.55. The number of nitrogens with one attached hydrogen (secondary N) is 1. The van der Waals surface area contributed by atoms with Crippen LogP contribution in [0.5, 0.6) is 0 Å². The standard InChI is InChI=1S/C24H31FN6O/c1-17-13-19(3-4-20(17)25)15-31-22-14-18(2)27-21(16-29-9-11-32-12-10-29)23(22)28-24(31)30-7-5-26-6-8-30/h3-4,13-14,26H,5-12,15-16H2,1-2H3. The molecule has 2 fully saturated rings. The predicted octanol–water partition coefficient (Wildman–Crippen LogP) is 2.48. The normalized spacial score (nSPS) is 17.9. The zero-order valence-electron chi connectivity index (χ0n) is 18.9. The van der Waals surface area contributed by atoms with Crippen LogP contribution < -0.4 is 10.2 Å². The molecule has 0 aliphatic carbocycles. The lowest BCUT2D eigenvalue weighted by Gasteiger charge is -2.29. The molecule has 2 aliphatic heterocycles. The van der Waals surface area contributed by atoms with E-state index in [-0.39, 0.29) is 5.82 Å². The van der Waals surface area contributed by atoms with E-state index in [4.69, 9.17) is 14.7 Å². The fourth-order valence-corrected chi connectivity index (χ4v) is 4.64.